The molecule has 0 aliphatic carbocycles. The van der Waals surface area contributed by atoms with Crippen LogP contribution in [0, 0.1) is 13.8 Å². The average Bonchev–Trinajstić information content (AvgIpc) is 2.97. The van der Waals surface area contributed by atoms with Gasteiger partial charge in [-0.1, -0.05) is 6.07 Å². The van der Waals surface area contributed by atoms with E-state index in [-0.39, 0.29) is 12.1 Å². The van der Waals surface area contributed by atoms with Gasteiger partial charge in [0.25, 0.3) is 0 Å². The van der Waals surface area contributed by atoms with Crippen LogP contribution in [-0.4, -0.2) is 63.5 Å². The molecule has 2 aromatic rings. The zero-order valence-corrected chi connectivity index (χ0v) is 18.6. The third-order valence-electron chi connectivity index (χ3n) is 4.59. The van der Waals surface area contributed by atoms with Gasteiger partial charge in [-0.3, -0.25) is 4.99 Å². The number of guanidine groups is 1. The lowest BCUT2D eigenvalue weighted by Crippen LogP contribution is -2.63. The quantitative estimate of drug-likeness (QED) is 0.589. The molecule has 30 heavy (non-hydrogen) atoms. The van der Waals surface area contributed by atoms with E-state index in [9.17, 15) is 4.79 Å². The van der Waals surface area contributed by atoms with Crippen molar-refractivity contribution in [2.24, 2.45) is 4.99 Å². The highest BCUT2D eigenvalue weighted by molar-refractivity contribution is 5.80. The van der Waals surface area contributed by atoms with Crippen LogP contribution in [-0.2, 0) is 11.3 Å². The summed E-state index contributed by atoms with van der Waals surface area (Å²) in [6.45, 7) is 11.3. The first kappa shape index (κ1) is 21.6. The van der Waals surface area contributed by atoms with Gasteiger partial charge in [-0.25, -0.2) is 14.5 Å². The van der Waals surface area contributed by atoms with Gasteiger partial charge in [0, 0.05) is 38.6 Å². The van der Waals surface area contributed by atoms with E-state index in [1.165, 1.54) is 0 Å². The molecule has 9 heteroatoms. The molecule has 162 valence electrons. The summed E-state index contributed by atoms with van der Waals surface area (Å²) in [5.74, 6) is 1.48. The van der Waals surface area contributed by atoms with Crippen molar-refractivity contribution < 1.29 is 9.53 Å². The van der Waals surface area contributed by atoms with Gasteiger partial charge in [0.1, 0.15) is 5.60 Å². The molecule has 1 aliphatic heterocycles. The Bertz CT molecular complexity index is 906. The second-order valence-corrected chi connectivity index (χ2v) is 8.52. The number of pyridine rings is 1. The first-order valence-corrected chi connectivity index (χ1v) is 10.1. The molecule has 0 bridgehead atoms. The topological polar surface area (TPSA) is 96.7 Å². The van der Waals surface area contributed by atoms with Crippen LogP contribution < -0.4 is 10.6 Å². The van der Waals surface area contributed by atoms with Gasteiger partial charge >= 0.3 is 6.09 Å². The molecule has 1 saturated heterocycles. The summed E-state index contributed by atoms with van der Waals surface area (Å²) in [5, 5.41) is 11.1. The number of carbonyl (C=O) groups is 1. The lowest BCUT2D eigenvalue weighted by atomic mass is 10.1. The van der Waals surface area contributed by atoms with E-state index in [0.717, 1.165) is 22.8 Å². The van der Waals surface area contributed by atoms with Crippen LogP contribution in [0.15, 0.2) is 29.4 Å². The minimum Gasteiger partial charge on any atom is -0.444 e. The minimum atomic E-state index is -0.480. The highest BCUT2D eigenvalue weighted by Crippen LogP contribution is 2.15. The van der Waals surface area contributed by atoms with Crippen molar-refractivity contribution in [1.29, 1.82) is 0 Å². The molecule has 2 aromatic heterocycles. The third kappa shape index (κ3) is 5.49. The Morgan fingerprint density at radius 3 is 2.57 bits per heavy atom. The number of aryl methyl sites for hydroxylation is 2. The van der Waals surface area contributed by atoms with E-state index in [0.29, 0.717) is 25.6 Å². The smallest absolute Gasteiger partial charge is 0.410 e. The number of hydrogen-bond acceptors (Lipinski definition) is 5. The number of ether oxygens (including phenoxy) is 1. The highest BCUT2D eigenvalue weighted by atomic mass is 16.6. The zero-order chi connectivity index (χ0) is 21.9. The summed E-state index contributed by atoms with van der Waals surface area (Å²) < 4.78 is 7.21. The van der Waals surface area contributed by atoms with Crippen LogP contribution in [0.1, 0.15) is 37.7 Å². The number of aromatic nitrogens is 3. The van der Waals surface area contributed by atoms with E-state index in [4.69, 9.17) is 4.74 Å². The van der Waals surface area contributed by atoms with Crippen molar-refractivity contribution in [3.05, 3.63) is 41.3 Å². The summed E-state index contributed by atoms with van der Waals surface area (Å²) in [6, 6.07) is 6.15. The van der Waals surface area contributed by atoms with E-state index < -0.39 is 5.60 Å². The van der Waals surface area contributed by atoms with Gasteiger partial charge < -0.3 is 20.3 Å². The van der Waals surface area contributed by atoms with Crippen molar-refractivity contribution in [2.45, 2.75) is 52.8 Å². The largest absolute Gasteiger partial charge is 0.444 e. The average molecular weight is 414 g/mol. The fourth-order valence-corrected chi connectivity index (χ4v) is 3.13. The van der Waals surface area contributed by atoms with Crippen LogP contribution in [0.4, 0.5) is 4.79 Å². The monoisotopic (exact) mass is 413 g/mol. The first-order valence-electron chi connectivity index (χ1n) is 10.1. The Morgan fingerprint density at radius 1 is 1.30 bits per heavy atom. The molecule has 0 saturated carbocycles. The number of hydrogen-bond donors (Lipinski definition) is 2. The molecular weight excluding hydrogens is 382 g/mol. The maximum Gasteiger partial charge on any atom is 0.410 e. The van der Waals surface area contributed by atoms with Crippen LogP contribution in [0.25, 0.3) is 5.82 Å². The Morgan fingerprint density at radius 2 is 2.03 bits per heavy atom. The normalized spacial score (nSPS) is 15.0. The SMILES string of the molecule is CN=C(NCc1ccc(-n2nc(C)cc2C)nc1)NC1CN(C(=O)OC(C)(C)C)C1. The second kappa shape index (κ2) is 8.73. The predicted octanol–water partition coefficient (Wildman–Crippen LogP) is 2.17. The van der Waals surface area contributed by atoms with Crippen LogP contribution in [0.5, 0.6) is 0 Å². The van der Waals surface area contributed by atoms with Crippen molar-refractivity contribution in [3.63, 3.8) is 0 Å². The molecule has 2 N–H and O–H groups in total. The van der Waals surface area contributed by atoms with E-state index in [2.05, 4.69) is 25.7 Å². The number of carbonyl (C=O) groups excluding carboxylic acids is 1. The first-order chi connectivity index (χ1) is 14.1. The molecule has 3 rings (SSSR count). The van der Waals surface area contributed by atoms with Crippen molar-refractivity contribution in [3.8, 4) is 5.82 Å². The molecule has 0 radical (unpaired) electrons. The number of nitrogens with one attached hydrogen (secondary N) is 2. The number of amides is 1. The van der Waals surface area contributed by atoms with Crippen molar-refractivity contribution >= 4 is 12.1 Å². The molecule has 0 aromatic carbocycles. The molecule has 0 spiro atoms. The maximum absolute atomic E-state index is 12.0. The highest BCUT2D eigenvalue weighted by Gasteiger charge is 2.34. The van der Waals surface area contributed by atoms with Crippen molar-refractivity contribution in [2.75, 3.05) is 20.1 Å². The Kier molecular flexibility index (Phi) is 6.28. The maximum atomic E-state index is 12.0. The number of aliphatic imine (C=N–C) groups is 1. The zero-order valence-electron chi connectivity index (χ0n) is 18.6. The van der Waals surface area contributed by atoms with Gasteiger partial charge in [0.2, 0.25) is 0 Å². The Balaban J connectivity index is 1.46. The molecule has 3 heterocycles. The van der Waals surface area contributed by atoms with Gasteiger partial charge in [-0.2, -0.15) is 5.10 Å². The van der Waals surface area contributed by atoms with E-state index in [1.54, 1.807) is 11.9 Å². The third-order valence-corrected chi connectivity index (χ3v) is 4.59. The van der Waals surface area contributed by atoms with Crippen molar-refractivity contribution in [1.82, 2.24) is 30.3 Å². The predicted molar refractivity (Wildman–Crippen MR) is 116 cm³/mol. The number of likely N-dealkylation sites (tertiary alicyclic amines) is 1. The summed E-state index contributed by atoms with van der Waals surface area (Å²) >= 11 is 0. The Labute approximate surface area is 177 Å². The summed E-state index contributed by atoms with van der Waals surface area (Å²) in [7, 11) is 1.73. The van der Waals surface area contributed by atoms with Gasteiger partial charge in [-0.15, -0.1) is 0 Å². The van der Waals surface area contributed by atoms with E-state index in [1.807, 2.05) is 63.7 Å². The second-order valence-electron chi connectivity index (χ2n) is 8.52. The lowest BCUT2D eigenvalue weighted by molar-refractivity contribution is 0.00701. The minimum absolute atomic E-state index is 0.148. The van der Waals surface area contributed by atoms with Gasteiger partial charge in [0.05, 0.1) is 11.7 Å². The van der Waals surface area contributed by atoms with Crippen LogP contribution >= 0.6 is 0 Å². The van der Waals surface area contributed by atoms with Gasteiger partial charge in [-0.05, 0) is 52.3 Å². The molecule has 1 amide bonds. The fourth-order valence-electron chi connectivity index (χ4n) is 3.13. The standard InChI is InChI=1S/C21H31N7O2/c1-14-9-15(2)28(26-14)18-8-7-16(10-23-18)11-24-19(22-6)25-17-12-27(13-17)20(29)30-21(3,4)5/h7-10,17H,11-13H2,1-6H3,(H2,22,24,25). The molecule has 9 nitrogen and oxygen atoms in total. The van der Waals surface area contributed by atoms with Gasteiger partial charge in [0.15, 0.2) is 11.8 Å². The van der Waals surface area contributed by atoms with Crippen LogP contribution in [0.3, 0.4) is 0 Å². The molecule has 0 unspecified atom stereocenters. The summed E-state index contributed by atoms with van der Waals surface area (Å²) in [5.41, 5.74) is 2.57. The molecule has 1 fully saturated rings. The summed E-state index contributed by atoms with van der Waals surface area (Å²) in [6.07, 6.45) is 1.55. The lowest BCUT2D eigenvalue weighted by Gasteiger charge is -2.40. The fraction of sp³-hybridized carbons (Fsp3) is 0.524. The van der Waals surface area contributed by atoms with E-state index >= 15 is 0 Å². The summed E-state index contributed by atoms with van der Waals surface area (Å²) in [4.78, 5) is 22.5. The molecular formula is C21H31N7O2. The number of rotatable bonds is 4. The van der Waals surface area contributed by atoms with Crippen LogP contribution in [0.2, 0.25) is 0 Å². The number of nitrogens with zero attached hydrogens (tertiary/aromatic N) is 5. The molecule has 0 atom stereocenters. The Hall–Kier alpha value is -3.10. The molecule has 1 aliphatic rings.